The maximum atomic E-state index is 12.6. The highest BCUT2D eigenvalue weighted by Gasteiger charge is 2.17. The van der Waals surface area contributed by atoms with Gasteiger partial charge in [-0.1, -0.05) is 6.07 Å². The van der Waals surface area contributed by atoms with Crippen LogP contribution in [-0.2, 0) is 6.42 Å². The third kappa shape index (κ3) is 1.94. The summed E-state index contributed by atoms with van der Waals surface area (Å²) in [5.41, 5.74) is 4.51. The number of aromatic amines is 1. The average molecular weight is 278 g/mol. The zero-order valence-corrected chi connectivity index (χ0v) is 11.3. The van der Waals surface area contributed by atoms with Gasteiger partial charge in [-0.15, -0.1) is 0 Å². The van der Waals surface area contributed by atoms with E-state index in [0.717, 1.165) is 35.4 Å². The molecule has 0 bridgehead atoms. The number of amides is 1. The van der Waals surface area contributed by atoms with E-state index in [1.165, 1.54) is 5.56 Å². The minimum Gasteiger partial charge on any atom is -0.384 e. The number of aromatic nitrogens is 2. The lowest BCUT2D eigenvalue weighted by Gasteiger charge is -2.10. The quantitative estimate of drug-likeness (QED) is 0.675. The lowest BCUT2D eigenvalue weighted by molar-refractivity contribution is 0.102. The highest BCUT2D eigenvalue weighted by molar-refractivity contribution is 6.12. The zero-order valence-electron chi connectivity index (χ0n) is 11.3. The van der Waals surface area contributed by atoms with Crippen molar-refractivity contribution in [1.82, 2.24) is 9.97 Å². The van der Waals surface area contributed by atoms with Crippen molar-refractivity contribution in [2.45, 2.75) is 6.42 Å². The molecule has 5 nitrogen and oxygen atoms in total. The van der Waals surface area contributed by atoms with Crippen molar-refractivity contribution in [3.63, 3.8) is 0 Å². The second-order valence-corrected chi connectivity index (χ2v) is 5.06. The SMILES string of the molecule is O=C(Nc1cccc2c1CCN2)c1ccnc2[nH]ccc12. The number of nitrogens with zero attached hydrogens (tertiary/aromatic N) is 1. The molecule has 1 aliphatic heterocycles. The van der Waals surface area contributed by atoms with E-state index >= 15 is 0 Å². The van der Waals surface area contributed by atoms with Crippen LogP contribution in [0.3, 0.4) is 0 Å². The van der Waals surface area contributed by atoms with Gasteiger partial charge in [0, 0.05) is 41.3 Å². The standard InChI is InChI=1S/C16H14N4O/c21-16(11-5-9-19-15-10(11)4-8-18-15)20-14-3-1-2-13-12(14)6-7-17-13/h1-5,8-9,17H,6-7H2,(H,18,19)(H,20,21). The minimum absolute atomic E-state index is 0.109. The minimum atomic E-state index is -0.109. The number of pyridine rings is 1. The van der Waals surface area contributed by atoms with E-state index in [-0.39, 0.29) is 5.91 Å². The fraction of sp³-hybridized carbons (Fsp3) is 0.125. The van der Waals surface area contributed by atoms with Crippen LogP contribution in [-0.4, -0.2) is 22.4 Å². The Morgan fingerprint density at radius 2 is 2.19 bits per heavy atom. The molecule has 0 radical (unpaired) electrons. The second kappa shape index (κ2) is 4.63. The Morgan fingerprint density at radius 3 is 3.14 bits per heavy atom. The van der Waals surface area contributed by atoms with Crippen LogP contribution in [0.1, 0.15) is 15.9 Å². The van der Waals surface area contributed by atoms with E-state index < -0.39 is 0 Å². The number of hydrogen-bond donors (Lipinski definition) is 3. The summed E-state index contributed by atoms with van der Waals surface area (Å²) in [4.78, 5) is 19.8. The number of fused-ring (bicyclic) bond motifs is 2. The van der Waals surface area contributed by atoms with Crippen molar-refractivity contribution < 1.29 is 4.79 Å². The summed E-state index contributed by atoms with van der Waals surface area (Å²) in [5, 5.41) is 7.17. The Morgan fingerprint density at radius 1 is 1.24 bits per heavy atom. The summed E-state index contributed by atoms with van der Waals surface area (Å²) in [7, 11) is 0. The molecule has 5 heteroatoms. The van der Waals surface area contributed by atoms with Crippen molar-refractivity contribution in [3.8, 4) is 0 Å². The average Bonchev–Trinajstić information content (AvgIpc) is 3.15. The predicted octanol–water partition coefficient (Wildman–Crippen LogP) is 2.78. The van der Waals surface area contributed by atoms with Gasteiger partial charge in [-0.3, -0.25) is 4.79 Å². The number of anilines is 2. The lowest BCUT2D eigenvalue weighted by Crippen LogP contribution is -2.13. The van der Waals surface area contributed by atoms with Crippen LogP contribution in [0.4, 0.5) is 11.4 Å². The fourth-order valence-corrected chi connectivity index (χ4v) is 2.81. The molecule has 4 rings (SSSR count). The van der Waals surface area contributed by atoms with Crippen LogP contribution in [0.15, 0.2) is 42.7 Å². The first kappa shape index (κ1) is 12.0. The Balaban J connectivity index is 1.71. The maximum absolute atomic E-state index is 12.6. The Bertz CT molecular complexity index is 837. The van der Waals surface area contributed by atoms with Crippen LogP contribution in [0.2, 0.25) is 0 Å². The second-order valence-electron chi connectivity index (χ2n) is 5.06. The molecule has 1 aromatic carbocycles. The van der Waals surface area contributed by atoms with E-state index in [4.69, 9.17) is 0 Å². The number of hydrogen-bond acceptors (Lipinski definition) is 3. The molecule has 0 spiro atoms. The number of rotatable bonds is 2. The molecule has 0 atom stereocenters. The third-order valence-electron chi connectivity index (χ3n) is 3.82. The van der Waals surface area contributed by atoms with Crippen molar-refractivity contribution in [3.05, 3.63) is 53.9 Å². The van der Waals surface area contributed by atoms with Crippen LogP contribution in [0.5, 0.6) is 0 Å². The summed E-state index contributed by atoms with van der Waals surface area (Å²) in [6, 6.07) is 9.54. The van der Waals surface area contributed by atoms with Gasteiger partial charge in [0.05, 0.1) is 5.56 Å². The fourth-order valence-electron chi connectivity index (χ4n) is 2.81. The van der Waals surface area contributed by atoms with Gasteiger partial charge in [0.1, 0.15) is 5.65 Å². The zero-order chi connectivity index (χ0) is 14.2. The monoisotopic (exact) mass is 278 g/mol. The highest BCUT2D eigenvalue weighted by Crippen LogP contribution is 2.29. The molecule has 1 amide bonds. The van der Waals surface area contributed by atoms with Gasteiger partial charge in [0.2, 0.25) is 0 Å². The third-order valence-corrected chi connectivity index (χ3v) is 3.82. The van der Waals surface area contributed by atoms with E-state index in [1.807, 2.05) is 24.3 Å². The van der Waals surface area contributed by atoms with E-state index in [9.17, 15) is 4.79 Å². The molecule has 21 heavy (non-hydrogen) atoms. The first-order valence-electron chi connectivity index (χ1n) is 6.92. The van der Waals surface area contributed by atoms with Crippen LogP contribution >= 0.6 is 0 Å². The molecule has 0 aliphatic carbocycles. The molecule has 0 fully saturated rings. The molecule has 3 aromatic rings. The summed E-state index contributed by atoms with van der Waals surface area (Å²) in [6.07, 6.45) is 4.37. The Labute approximate surface area is 121 Å². The molecular weight excluding hydrogens is 264 g/mol. The van der Waals surface area contributed by atoms with Gasteiger partial charge >= 0.3 is 0 Å². The van der Waals surface area contributed by atoms with E-state index in [1.54, 1.807) is 18.5 Å². The van der Waals surface area contributed by atoms with Gasteiger partial charge < -0.3 is 15.6 Å². The van der Waals surface area contributed by atoms with Crippen LogP contribution in [0, 0.1) is 0 Å². The Hall–Kier alpha value is -2.82. The first-order valence-corrected chi connectivity index (χ1v) is 6.92. The molecule has 3 heterocycles. The maximum Gasteiger partial charge on any atom is 0.256 e. The van der Waals surface area contributed by atoms with Crippen molar-refractivity contribution in [1.29, 1.82) is 0 Å². The van der Waals surface area contributed by atoms with E-state index in [2.05, 4.69) is 20.6 Å². The van der Waals surface area contributed by atoms with Crippen molar-refractivity contribution >= 4 is 28.3 Å². The number of benzene rings is 1. The molecule has 104 valence electrons. The lowest BCUT2D eigenvalue weighted by atomic mass is 10.1. The molecule has 1 aliphatic rings. The molecule has 0 saturated heterocycles. The van der Waals surface area contributed by atoms with Crippen LogP contribution in [0.25, 0.3) is 11.0 Å². The molecule has 0 unspecified atom stereocenters. The van der Waals surface area contributed by atoms with Crippen LogP contribution < -0.4 is 10.6 Å². The first-order chi connectivity index (χ1) is 10.3. The van der Waals surface area contributed by atoms with Crippen molar-refractivity contribution in [2.75, 3.05) is 17.2 Å². The van der Waals surface area contributed by atoms with Gasteiger partial charge in [0.25, 0.3) is 5.91 Å². The molecule has 0 saturated carbocycles. The number of H-pyrrole nitrogens is 1. The molecule has 3 N–H and O–H groups in total. The largest absolute Gasteiger partial charge is 0.384 e. The van der Waals surface area contributed by atoms with Gasteiger partial charge in [0.15, 0.2) is 0 Å². The topological polar surface area (TPSA) is 69.8 Å². The molecular formula is C16H14N4O. The smallest absolute Gasteiger partial charge is 0.256 e. The van der Waals surface area contributed by atoms with Crippen molar-refractivity contribution in [2.24, 2.45) is 0 Å². The van der Waals surface area contributed by atoms with Gasteiger partial charge in [-0.05, 0) is 30.7 Å². The number of carbonyl (C=O) groups excluding carboxylic acids is 1. The summed E-state index contributed by atoms with van der Waals surface area (Å²) < 4.78 is 0. The Kier molecular flexibility index (Phi) is 2.64. The number of carbonyl (C=O) groups is 1. The van der Waals surface area contributed by atoms with Gasteiger partial charge in [-0.25, -0.2) is 4.98 Å². The molecule has 2 aromatic heterocycles. The summed E-state index contributed by atoms with van der Waals surface area (Å²) in [5.74, 6) is -0.109. The summed E-state index contributed by atoms with van der Waals surface area (Å²) in [6.45, 7) is 0.916. The van der Waals surface area contributed by atoms with Gasteiger partial charge in [-0.2, -0.15) is 0 Å². The normalized spacial score (nSPS) is 13.0. The number of nitrogens with one attached hydrogen (secondary N) is 3. The summed E-state index contributed by atoms with van der Waals surface area (Å²) >= 11 is 0. The van der Waals surface area contributed by atoms with E-state index in [0.29, 0.717) is 5.56 Å². The highest BCUT2D eigenvalue weighted by atomic mass is 16.1. The predicted molar refractivity (Wildman–Crippen MR) is 82.7 cm³/mol.